The van der Waals surface area contributed by atoms with Gasteiger partial charge in [-0.2, -0.15) is 0 Å². The van der Waals surface area contributed by atoms with Gasteiger partial charge in [0.25, 0.3) is 0 Å². The quantitative estimate of drug-likeness (QED) is 0.801. The molecule has 2 rings (SSSR count). The molecule has 1 aromatic carbocycles. The molecule has 0 fully saturated rings. The van der Waals surface area contributed by atoms with Crippen LogP contribution in [-0.2, 0) is 0 Å². The smallest absolute Gasteiger partial charge is 0.174 e. The van der Waals surface area contributed by atoms with E-state index in [1.165, 1.54) is 5.56 Å². The first-order chi connectivity index (χ1) is 9.17. The molecule has 19 heavy (non-hydrogen) atoms. The van der Waals surface area contributed by atoms with Crippen LogP contribution < -0.4 is 14.2 Å². The molecule has 102 valence electrons. The lowest BCUT2D eigenvalue weighted by molar-refractivity contribution is 0.147. The fourth-order valence-corrected chi connectivity index (χ4v) is 2.43. The molecule has 4 heteroatoms. The normalized spacial score (nSPS) is 11.9. The van der Waals surface area contributed by atoms with Crippen molar-refractivity contribution in [3.63, 3.8) is 0 Å². The van der Waals surface area contributed by atoms with Crippen molar-refractivity contribution in [3.8, 4) is 16.6 Å². The van der Waals surface area contributed by atoms with Gasteiger partial charge in [0.2, 0.25) is 0 Å². The Labute approximate surface area is 117 Å². The lowest BCUT2D eigenvalue weighted by Crippen LogP contribution is -2.20. The molecule has 0 bridgehead atoms. The molecule has 0 aliphatic carbocycles. The summed E-state index contributed by atoms with van der Waals surface area (Å²) in [6, 6.07) is 9.57. The summed E-state index contributed by atoms with van der Waals surface area (Å²) in [4.78, 5) is 0. The predicted octanol–water partition coefficient (Wildman–Crippen LogP) is 3.91. The highest BCUT2D eigenvalue weighted by atomic mass is 32.1. The predicted molar refractivity (Wildman–Crippen MR) is 77.6 cm³/mol. The SMILES string of the molecule is COc1ccc(OCC(C)Oc2cc(C)cs2)cc1. The minimum Gasteiger partial charge on any atom is -0.497 e. The summed E-state index contributed by atoms with van der Waals surface area (Å²) in [6.07, 6.45) is 0.0140. The average Bonchev–Trinajstić information content (AvgIpc) is 2.82. The zero-order valence-corrected chi connectivity index (χ0v) is 12.2. The van der Waals surface area contributed by atoms with E-state index in [2.05, 4.69) is 12.3 Å². The molecule has 2 aromatic rings. The van der Waals surface area contributed by atoms with E-state index in [9.17, 15) is 0 Å². The third-order valence-electron chi connectivity index (χ3n) is 2.57. The summed E-state index contributed by atoms with van der Waals surface area (Å²) in [5.41, 5.74) is 1.23. The minimum atomic E-state index is 0.0140. The van der Waals surface area contributed by atoms with Gasteiger partial charge >= 0.3 is 0 Å². The van der Waals surface area contributed by atoms with E-state index in [0.717, 1.165) is 16.6 Å². The van der Waals surface area contributed by atoms with Crippen LogP contribution in [-0.4, -0.2) is 19.8 Å². The summed E-state index contributed by atoms with van der Waals surface area (Å²) >= 11 is 1.61. The third kappa shape index (κ3) is 4.17. The van der Waals surface area contributed by atoms with E-state index >= 15 is 0 Å². The molecule has 3 nitrogen and oxygen atoms in total. The van der Waals surface area contributed by atoms with Crippen molar-refractivity contribution in [2.45, 2.75) is 20.0 Å². The van der Waals surface area contributed by atoms with Crippen LogP contribution in [0.3, 0.4) is 0 Å². The monoisotopic (exact) mass is 278 g/mol. The standard InChI is InChI=1S/C15H18O3S/c1-11-8-15(19-10-11)18-12(2)9-17-14-6-4-13(16-3)5-7-14/h4-8,10,12H,9H2,1-3H3. The van der Waals surface area contributed by atoms with Crippen molar-refractivity contribution >= 4 is 11.3 Å². The number of aryl methyl sites for hydroxylation is 1. The van der Waals surface area contributed by atoms with Crippen molar-refractivity contribution in [1.29, 1.82) is 0 Å². The number of ether oxygens (including phenoxy) is 3. The fraction of sp³-hybridized carbons (Fsp3) is 0.333. The molecule has 0 spiro atoms. The van der Waals surface area contributed by atoms with E-state index < -0.39 is 0 Å². The Morgan fingerprint density at radius 1 is 1.16 bits per heavy atom. The highest BCUT2D eigenvalue weighted by molar-refractivity contribution is 7.12. The zero-order chi connectivity index (χ0) is 13.7. The second-order valence-corrected chi connectivity index (χ2v) is 5.23. The van der Waals surface area contributed by atoms with Crippen LogP contribution in [0.2, 0.25) is 0 Å². The highest BCUT2D eigenvalue weighted by Gasteiger charge is 2.07. The molecule has 0 radical (unpaired) electrons. The lowest BCUT2D eigenvalue weighted by atomic mass is 10.3. The molecule has 1 aromatic heterocycles. The number of hydrogen-bond acceptors (Lipinski definition) is 4. The van der Waals surface area contributed by atoms with Gasteiger partial charge < -0.3 is 14.2 Å². The lowest BCUT2D eigenvalue weighted by Gasteiger charge is -2.14. The first-order valence-electron chi connectivity index (χ1n) is 6.16. The van der Waals surface area contributed by atoms with Crippen molar-refractivity contribution in [2.75, 3.05) is 13.7 Å². The molecule has 0 N–H and O–H groups in total. The van der Waals surface area contributed by atoms with Crippen LogP contribution in [0.25, 0.3) is 0 Å². The minimum absolute atomic E-state index is 0.0140. The Kier molecular flexibility index (Phi) is 4.68. The molecular weight excluding hydrogens is 260 g/mol. The molecule has 0 aliphatic rings. The molecule has 0 saturated heterocycles. The number of rotatable bonds is 6. The van der Waals surface area contributed by atoms with E-state index in [0.29, 0.717) is 6.61 Å². The van der Waals surface area contributed by atoms with Gasteiger partial charge in [0, 0.05) is 0 Å². The fourth-order valence-electron chi connectivity index (χ4n) is 1.58. The van der Waals surface area contributed by atoms with Crippen LogP contribution in [0.5, 0.6) is 16.6 Å². The van der Waals surface area contributed by atoms with Gasteiger partial charge in [-0.15, -0.1) is 11.3 Å². The number of benzene rings is 1. The van der Waals surface area contributed by atoms with E-state index in [4.69, 9.17) is 14.2 Å². The van der Waals surface area contributed by atoms with Crippen molar-refractivity contribution in [2.24, 2.45) is 0 Å². The first kappa shape index (κ1) is 13.7. The Balaban J connectivity index is 1.80. The van der Waals surface area contributed by atoms with Gasteiger partial charge in [-0.05, 0) is 55.1 Å². The molecule has 0 aliphatic heterocycles. The summed E-state index contributed by atoms with van der Waals surface area (Å²) in [5, 5.41) is 3.01. The van der Waals surface area contributed by atoms with Crippen LogP contribution >= 0.6 is 11.3 Å². The summed E-state index contributed by atoms with van der Waals surface area (Å²) < 4.78 is 16.5. The zero-order valence-electron chi connectivity index (χ0n) is 11.4. The van der Waals surface area contributed by atoms with Crippen LogP contribution in [0.15, 0.2) is 35.7 Å². The average molecular weight is 278 g/mol. The Hall–Kier alpha value is -1.68. The van der Waals surface area contributed by atoms with Crippen LogP contribution in [0, 0.1) is 6.92 Å². The van der Waals surface area contributed by atoms with E-state index in [-0.39, 0.29) is 6.10 Å². The second kappa shape index (κ2) is 6.48. The Morgan fingerprint density at radius 2 is 1.84 bits per heavy atom. The largest absolute Gasteiger partial charge is 0.497 e. The van der Waals surface area contributed by atoms with Crippen molar-refractivity contribution in [1.82, 2.24) is 0 Å². The van der Waals surface area contributed by atoms with Crippen molar-refractivity contribution < 1.29 is 14.2 Å². The molecule has 1 atom stereocenters. The van der Waals surface area contributed by atoms with Crippen molar-refractivity contribution in [3.05, 3.63) is 41.3 Å². The Bertz CT molecular complexity index is 504. The highest BCUT2D eigenvalue weighted by Crippen LogP contribution is 2.23. The topological polar surface area (TPSA) is 27.7 Å². The summed E-state index contributed by atoms with van der Waals surface area (Å²) in [5.74, 6) is 1.64. The third-order valence-corrected chi connectivity index (χ3v) is 3.50. The first-order valence-corrected chi connectivity index (χ1v) is 7.04. The molecule has 0 saturated carbocycles. The molecule has 1 unspecified atom stereocenters. The van der Waals surface area contributed by atoms with Gasteiger partial charge in [-0.1, -0.05) is 0 Å². The van der Waals surface area contributed by atoms with E-state index in [1.807, 2.05) is 37.3 Å². The number of thiophene rings is 1. The van der Waals surface area contributed by atoms with Gasteiger partial charge in [0.15, 0.2) is 5.06 Å². The molecular formula is C15H18O3S. The number of methoxy groups -OCH3 is 1. The maximum absolute atomic E-state index is 5.77. The summed E-state index contributed by atoms with van der Waals surface area (Å²) in [6.45, 7) is 4.57. The maximum Gasteiger partial charge on any atom is 0.174 e. The summed E-state index contributed by atoms with van der Waals surface area (Å²) in [7, 11) is 1.65. The van der Waals surface area contributed by atoms with Gasteiger partial charge in [0.05, 0.1) is 7.11 Å². The number of hydrogen-bond donors (Lipinski definition) is 0. The van der Waals surface area contributed by atoms with Gasteiger partial charge in [0.1, 0.15) is 24.2 Å². The van der Waals surface area contributed by atoms with Crippen LogP contribution in [0.1, 0.15) is 12.5 Å². The molecule has 0 amide bonds. The van der Waals surface area contributed by atoms with Gasteiger partial charge in [-0.25, -0.2) is 0 Å². The second-order valence-electron chi connectivity index (χ2n) is 4.36. The van der Waals surface area contributed by atoms with Crippen LogP contribution in [0.4, 0.5) is 0 Å². The van der Waals surface area contributed by atoms with Gasteiger partial charge in [-0.3, -0.25) is 0 Å². The maximum atomic E-state index is 5.77. The van der Waals surface area contributed by atoms with E-state index in [1.54, 1.807) is 18.4 Å². The Morgan fingerprint density at radius 3 is 2.42 bits per heavy atom. The molecule has 1 heterocycles.